The van der Waals surface area contributed by atoms with Crippen molar-refractivity contribution in [3.05, 3.63) is 58.1 Å². The van der Waals surface area contributed by atoms with Crippen molar-refractivity contribution in [2.75, 3.05) is 11.4 Å². The number of aromatic nitrogens is 1. The molecule has 0 saturated carbocycles. The molecule has 3 rings (SSSR count). The Kier molecular flexibility index (Phi) is 4.99. The van der Waals surface area contributed by atoms with Gasteiger partial charge >= 0.3 is 0 Å². The van der Waals surface area contributed by atoms with Gasteiger partial charge in [0.15, 0.2) is 0 Å². The minimum absolute atomic E-state index is 0.106. The number of fused-ring (bicyclic) bond motifs is 1. The van der Waals surface area contributed by atoms with E-state index in [0.717, 1.165) is 34.8 Å². The number of thiazole rings is 1. The fraction of sp³-hybridized carbons (Fsp3) is 0.316. The molecule has 0 spiro atoms. The van der Waals surface area contributed by atoms with Crippen LogP contribution in [0.25, 0.3) is 0 Å². The van der Waals surface area contributed by atoms with Crippen molar-refractivity contribution in [2.24, 2.45) is 0 Å². The van der Waals surface area contributed by atoms with Gasteiger partial charge in [-0.15, -0.1) is 11.3 Å². The van der Waals surface area contributed by atoms with Crippen LogP contribution in [0, 0.1) is 6.92 Å². The maximum absolute atomic E-state index is 12.6. The monoisotopic (exact) mass is 355 g/mol. The van der Waals surface area contributed by atoms with Gasteiger partial charge in [-0.2, -0.15) is 0 Å². The molecular formula is C19H21N3O2S. The second-order valence-corrected chi connectivity index (χ2v) is 7.05. The highest BCUT2D eigenvalue weighted by Crippen LogP contribution is 2.28. The lowest BCUT2D eigenvalue weighted by Crippen LogP contribution is -2.34. The molecule has 1 N–H and O–H groups in total. The molecule has 2 amide bonds. The van der Waals surface area contributed by atoms with Crippen molar-refractivity contribution in [1.29, 1.82) is 0 Å². The van der Waals surface area contributed by atoms with E-state index >= 15 is 0 Å². The molecule has 1 atom stereocenters. The van der Waals surface area contributed by atoms with E-state index < -0.39 is 0 Å². The third-order valence-electron chi connectivity index (χ3n) is 4.26. The summed E-state index contributed by atoms with van der Waals surface area (Å²) in [5, 5.41) is 5.86. The second-order valence-electron chi connectivity index (χ2n) is 6.16. The molecule has 2 aromatic rings. The summed E-state index contributed by atoms with van der Waals surface area (Å²) in [6, 6.07) is 5.36. The summed E-state index contributed by atoms with van der Waals surface area (Å²) in [6.45, 7) is 8.11. The molecule has 0 bridgehead atoms. The normalized spacial score (nSPS) is 14.6. The first kappa shape index (κ1) is 17.4. The van der Waals surface area contributed by atoms with Crippen LogP contribution < -0.4 is 10.2 Å². The predicted octanol–water partition coefficient (Wildman–Crippen LogP) is 3.41. The highest BCUT2D eigenvalue weighted by Gasteiger charge is 2.22. The van der Waals surface area contributed by atoms with Crippen molar-refractivity contribution in [2.45, 2.75) is 32.7 Å². The molecule has 1 aromatic carbocycles. The number of hydrogen-bond donors (Lipinski definition) is 1. The minimum Gasteiger partial charge on any atom is -0.343 e. The Morgan fingerprint density at radius 3 is 2.92 bits per heavy atom. The fourth-order valence-electron chi connectivity index (χ4n) is 2.99. The number of rotatable bonds is 4. The highest BCUT2D eigenvalue weighted by molar-refractivity contribution is 7.09. The maximum atomic E-state index is 12.6. The molecule has 5 nitrogen and oxygen atoms in total. The first-order valence-electron chi connectivity index (χ1n) is 8.29. The van der Waals surface area contributed by atoms with Crippen molar-refractivity contribution >= 4 is 28.8 Å². The Morgan fingerprint density at radius 1 is 1.44 bits per heavy atom. The number of benzene rings is 1. The number of nitrogens with zero attached hydrogens (tertiary/aromatic N) is 2. The lowest BCUT2D eigenvalue weighted by molar-refractivity contribution is -0.114. The van der Waals surface area contributed by atoms with Crippen LogP contribution in [0.2, 0.25) is 0 Å². The summed E-state index contributed by atoms with van der Waals surface area (Å²) in [6.07, 6.45) is 3.07. The number of carbonyl (C=O) groups excluding carboxylic acids is 2. The van der Waals surface area contributed by atoms with Crippen LogP contribution in [0.5, 0.6) is 0 Å². The van der Waals surface area contributed by atoms with Crippen LogP contribution in [0.3, 0.4) is 0 Å². The Labute approximate surface area is 151 Å². The van der Waals surface area contributed by atoms with Crippen molar-refractivity contribution in [3.63, 3.8) is 0 Å². The quantitative estimate of drug-likeness (QED) is 0.855. The van der Waals surface area contributed by atoms with Gasteiger partial charge in [-0.1, -0.05) is 6.58 Å². The molecule has 0 fully saturated rings. The Morgan fingerprint density at radius 2 is 2.24 bits per heavy atom. The lowest BCUT2D eigenvalue weighted by Gasteiger charge is -2.29. The summed E-state index contributed by atoms with van der Waals surface area (Å²) in [5.41, 5.74) is 3.46. The van der Waals surface area contributed by atoms with Crippen LogP contribution >= 0.6 is 11.3 Å². The molecule has 1 aliphatic rings. The van der Waals surface area contributed by atoms with E-state index in [1.165, 1.54) is 6.08 Å². The van der Waals surface area contributed by atoms with E-state index in [4.69, 9.17) is 0 Å². The summed E-state index contributed by atoms with van der Waals surface area (Å²) < 4.78 is 0. The largest absolute Gasteiger partial charge is 0.343 e. The molecule has 0 aliphatic carbocycles. The molecule has 2 heterocycles. The molecule has 1 aliphatic heterocycles. The predicted molar refractivity (Wildman–Crippen MR) is 100 cm³/mol. The van der Waals surface area contributed by atoms with E-state index in [1.54, 1.807) is 22.3 Å². The van der Waals surface area contributed by atoms with Gasteiger partial charge < -0.3 is 10.2 Å². The first-order chi connectivity index (χ1) is 12.0. The van der Waals surface area contributed by atoms with Crippen LogP contribution in [-0.2, 0) is 11.2 Å². The molecule has 1 unspecified atom stereocenters. The minimum atomic E-state index is -0.138. The molecule has 25 heavy (non-hydrogen) atoms. The SMILES string of the molecule is C=CC(=O)N1CCCc2cc(C(=O)NC(C)c3nc(C)cs3)ccc21. The zero-order valence-electron chi connectivity index (χ0n) is 14.4. The zero-order chi connectivity index (χ0) is 18.0. The average Bonchev–Trinajstić information content (AvgIpc) is 3.06. The summed E-state index contributed by atoms with van der Waals surface area (Å²) in [4.78, 5) is 30.7. The summed E-state index contributed by atoms with van der Waals surface area (Å²) in [7, 11) is 0. The summed E-state index contributed by atoms with van der Waals surface area (Å²) in [5.74, 6) is -0.235. The molecule has 0 radical (unpaired) electrons. The fourth-order valence-corrected chi connectivity index (χ4v) is 3.79. The van der Waals surface area contributed by atoms with Gasteiger partial charge in [-0.25, -0.2) is 4.98 Å². The number of aryl methyl sites for hydroxylation is 2. The first-order valence-corrected chi connectivity index (χ1v) is 9.17. The number of hydrogen-bond acceptors (Lipinski definition) is 4. The van der Waals surface area contributed by atoms with E-state index in [-0.39, 0.29) is 17.9 Å². The molecule has 0 saturated heterocycles. The number of anilines is 1. The maximum Gasteiger partial charge on any atom is 0.251 e. The molecular weight excluding hydrogens is 334 g/mol. The van der Waals surface area contributed by atoms with E-state index in [9.17, 15) is 9.59 Å². The number of amides is 2. The second kappa shape index (κ2) is 7.19. The zero-order valence-corrected chi connectivity index (χ0v) is 15.2. The van der Waals surface area contributed by atoms with Crippen LogP contribution in [-0.4, -0.2) is 23.3 Å². The number of nitrogens with one attached hydrogen (secondary N) is 1. The van der Waals surface area contributed by atoms with Gasteiger partial charge in [0.1, 0.15) is 5.01 Å². The van der Waals surface area contributed by atoms with E-state index in [0.29, 0.717) is 12.1 Å². The molecule has 130 valence electrons. The third kappa shape index (κ3) is 3.64. The van der Waals surface area contributed by atoms with Crippen molar-refractivity contribution in [3.8, 4) is 0 Å². The molecule has 6 heteroatoms. The van der Waals surface area contributed by atoms with Crippen molar-refractivity contribution < 1.29 is 9.59 Å². The van der Waals surface area contributed by atoms with Gasteiger partial charge in [0.25, 0.3) is 5.91 Å². The standard InChI is InChI=1S/C19H21N3O2S/c1-4-17(23)22-9-5-6-14-10-15(7-8-16(14)22)18(24)21-13(3)19-20-12(2)11-25-19/h4,7-8,10-11,13H,1,5-6,9H2,2-3H3,(H,21,24). The summed E-state index contributed by atoms with van der Waals surface area (Å²) >= 11 is 1.54. The van der Waals surface area contributed by atoms with E-state index in [1.807, 2.05) is 31.4 Å². The average molecular weight is 355 g/mol. The van der Waals surface area contributed by atoms with Crippen LogP contribution in [0.15, 0.2) is 36.2 Å². The topological polar surface area (TPSA) is 62.3 Å². The van der Waals surface area contributed by atoms with Gasteiger partial charge in [0.05, 0.1) is 6.04 Å². The van der Waals surface area contributed by atoms with Gasteiger partial charge in [0.2, 0.25) is 5.91 Å². The van der Waals surface area contributed by atoms with Gasteiger partial charge in [-0.05, 0) is 56.5 Å². The van der Waals surface area contributed by atoms with Crippen LogP contribution in [0.1, 0.15) is 46.0 Å². The van der Waals surface area contributed by atoms with Gasteiger partial charge in [-0.3, -0.25) is 9.59 Å². The lowest BCUT2D eigenvalue weighted by atomic mass is 9.98. The third-order valence-corrected chi connectivity index (χ3v) is 5.40. The number of carbonyl (C=O) groups is 2. The van der Waals surface area contributed by atoms with Crippen LogP contribution in [0.4, 0.5) is 5.69 Å². The highest BCUT2D eigenvalue weighted by atomic mass is 32.1. The Balaban J connectivity index is 1.78. The van der Waals surface area contributed by atoms with E-state index in [2.05, 4.69) is 16.9 Å². The molecule has 1 aromatic heterocycles. The smallest absolute Gasteiger partial charge is 0.251 e. The Bertz CT molecular complexity index is 828. The van der Waals surface area contributed by atoms with Crippen molar-refractivity contribution in [1.82, 2.24) is 10.3 Å². The Hall–Kier alpha value is -2.47. The van der Waals surface area contributed by atoms with Gasteiger partial charge in [0, 0.05) is 28.9 Å².